The molecule has 0 spiro atoms. The minimum atomic E-state index is -5.47. The van der Waals surface area contributed by atoms with E-state index in [9.17, 15) is 60.9 Å². The van der Waals surface area contributed by atoms with Crippen LogP contribution in [0, 0.1) is 11.6 Å². The summed E-state index contributed by atoms with van der Waals surface area (Å²) in [7, 11) is -11.4. The summed E-state index contributed by atoms with van der Waals surface area (Å²) in [5, 5.41) is 22.6. The summed E-state index contributed by atoms with van der Waals surface area (Å²) in [6.07, 6.45) is 0.504. The Kier molecular flexibility index (Phi) is 8.54. The third-order valence-electron chi connectivity index (χ3n) is 6.49. The van der Waals surface area contributed by atoms with Crippen LogP contribution in [0.3, 0.4) is 0 Å². The second-order valence-electron chi connectivity index (χ2n) is 9.46. The van der Waals surface area contributed by atoms with Gasteiger partial charge in [0.1, 0.15) is 28.7 Å². The number of hydrogen-bond donors (Lipinski definition) is 6. The van der Waals surface area contributed by atoms with Gasteiger partial charge in [-0.3, -0.25) is 9.36 Å². The van der Waals surface area contributed by atoms with Crippen LogP contribution in [0.15, 0.2) is 30.3 Å². The molecule has 2 aromatic carbocycles. The van der Waals surface area contributed by atoms with Crippen LogP contribution in [0.4, 0.5) is 18.4 Å². The number of sulfonamides is 1. The third kappa shape index (κ3) is 6.47. The van der Waals surface area contributed by atoms with E-state index in [1.54, 1.807) is 0 Å². The van der Waals surface area contributed by atoms with Crippen LogP contribution < -0.4 is 20.6 Å². The lowest BCUT2D eigenvalue weighted by Gasteiger charge is -2.30. The van der Waals surface area contributed by atoms with Crippen LogP contribution in [-0.2, 0) is 25.8 Å². The first-order valence-corrected chi connectivity index (χ1v) is 15.5. The van der Waals surface area contributed by atoms with Gasteiger partial charge in [-0.15, -0.1) is 0 Å². The Hall–Kier alpha value is -4.10. The molecule has 16 nitrogen and oxygen atoms in total. The molecule has 6 N–H and O–H groups in total. The number of fused-ring (bicyclic) bond motifs is 1. The number of imide groups is 1. The van der Waals surface area contributed by atoms with Crippen molar-refractivity contribution in [1.29, 1.82) is 0 Å². The molecule has 5 amide bonds. The average Bonchev–Trinajstić information content (AvgIpc) is 3.27. The number of hydrogen-bond acceptors (Lipinski definition) is 9. The molecule has 4 rings (SSSR count). The molecule has 230 valence electrons. The van der Waals surface area contributed by atoms with E-state index < -0.39 is 96.3 Å². The maximum atomic E-state index is 14.7. The fourth-order valence-electron chi connectivity index (χ4n) is 4.53. The fraction of sp³-hybridized carbons (Fsp3) is 0.273. The molecule has 2 aliphatic heterocycles. The molecule has 0 saturated carbocycles. The zero-order valence-corrected chi connectivity index (χ0v) is 23.5. The Bertz CT molecular complexity index is 1670. The molecule has 1 saturated heterocycles. The number of carboxylic acid groups (broad SMARTS) is 1. The normalized spacial score (nSPS) is 17.7. The summed E-state index contributed by atoms with van der Waals surface area (Å²) < 4.78 is 70.2. The van der Waals surface area contributed by atoms with Gasteiger partial charge in [-0.2, -0.15) is 0 Å². The van der Waals surface area contributed by atoms with Gasteiger partial charge in [-0.1, -0.05) is 12.1 Å². The summed E-state index contributed by atoms with van der Waals surface area (Å²) in [6.45, 7) is -0.880. The van der Waals surface area contributed by atoms with Crippen molar-refractivity contribution in [2.75, 3.05) is 19.3 Å². The van der Waals surface area contributed by atoms with Crippen molar-refractivity contribution in [2.45, 2.75) is 18.4 Å². The number of amides is 5. The molecule has 21 heteroatoms. The Balaban J connectivity index is 1.66. The van der Waals surface area contributed by atoms with Gasteiger partial charge in [-0.05, 0) is 35.7 Å². The Morgan fingerprint density at radius 2 is 1.79 bits per heavy atom. The van der Waals surface area contributed by atoms with E-state index in [2.05, 4.69) is 5.32 Å². The van der Waals surface area contributed by atoms with Crippen LogP contribution in [-0.4, -0.2) is 93.9 Å². The SMILES string of the molecule is CS(=O)(=O)N1CCN(C(=O)NC(C(=O)NC2Cc3cccc(C(=O)O)c3OB2O)c2cc(F)c(P(=O)(O)O)c(F)c2)C1=O. The average molecular weight is 646 g/mol. The minimum Gasteiger partial charge on any atom is -0.534 e. The van der Waals surface area contributed by atoms with E-state index >= 15 is 0 Å². The molecular weight excluding hydrogens is 624 g/mol. The van der Waals surface area contributed by atoms with E-state index in [-0.39, 0.29) is 23.3 Å². The third-order valence-corrected chi connectivity index (χ3v) is 8.64. The standard InChI is InChI=1S/C22H22BF2N4O12PS/c1-43(39,40)29-6-5-28(22(29)34)21(33)27-16(11-7-13(24)18(14(25)8-11)42(36,37)38)19(30)26-15-9-10-3-2-4-12(20(31)32)17(10)41-23(15)35/h2-4,7-8,15-16,35H,5-6,9H2,1H3,(H,26,30)(H,27,33)(H,31,32)(H2,36,37,38). The van der Waals surface area contributed by atoms with Gasteiger partial charge in [0.2, 0.25) is 15.9 Å². The van der Waals surface area contributed by atoms with E-state index in [0.29, 0.717) is 27.6 Å². The molecule has 2 heterocycles. The van der Waals surface area contributed by atoms with Crippen LogP contribution in [0.25, 0.3) is 0 Å². The smallest absolute Gasteiger partial charge is 0.534 e. The molecule has 43 heavy (non-hydrogen) atoms. The monoisotopic (exact) mass is 646 g/mol. The lowest BCUT2D eigenvalue weighted by molar-refractivity contribution is -0.123. The lowest BCUT2D eigenvalue weighted by Crippen LogP contribution is -2.56. The number of benzene rings is 2. The molecule has 2 atom stereocenters. The summed E-state index contributed by atoms with van der Waals surface area (Å²) in [4.78, 5) is 69.4. The Labute approximate surface area is 241 Å². The minimum absolute atomic E-state index is 0.169. The van der Waals surface area contributed by atoms with E-state index in [1.807, 2.05) is 5.32 Å². The Morgan fingerprint density at radius 1 is 1.16 bits per heavy atom. The summed E-state index contributed by atoms with van der Waals surface area (Å²) in [5.41, 5.74) is -0.715. The molecular formula is C22H22BF2N4O12PS. The van der Waals surface area contributed by atoms with Crippen molar-refractivity contribution in [3.05, 3.63) is 58.7 Å². The number of nitrogens with zero attached hydrogens (tertiary/aromatic N) is 2. The molecule has 2 aliphatic rings. The molecule has 2 aromatic rings. The fourth-order valence-corrected chi connectivity index (χ4v) is 6.01. The van der Waals surface area contributed by atoms with Crippen LogP contribution >= 0.6 is 7.60 Å². The van der Waals surface area contributed by atoms with Gasteiger partial charge >= 0.3 is 32.7 Å². The first kappa shape index (κ1) is 31.8. The van der Waals surface area contributed by atoms with Gasteiger partial charge in [0, 0.05) is 0 Å². The van der Waals surface area contributed by atoms with E-state index in [4.69, 9.17) is 4.65 Å². The highest BCUT2D eigenvalue weighted by Gasteiger charge is 2.42. The zero-order chi connectivity index (χ0) is 32.0. The van der Waals surface area contributed by atoms with Crippen molar-refractivity contribution in [3.8, 4) is 5.75 Å². The predicted octanol–water partition coefficient (Wildman–Crippen LogP) is -0.946. The first-order valence-electron chi connectivity index (χ1n) is 12.0. The number of rotatable bonds is 7. The zero-order valence-electron chi connectivity index (χ0n) is 21.8. The topological polar surface area (TPSA) is 240 Å². The second kappa shape index (κ2) is 11.5. The summed E-state index contributed by atoms with van der Waals surface area (Å²) in [6, 6.07) is 0.0336. The molecule has 0 radical (unpaired) electrons. The van der Waals surface area contributed by atoms with Gasteiger partial charge in [-0.25, -0.2) is 40.8 Å². The van der Waals surface area contributed by atoms with Crippen molar-refractivity contribution >= 4 is 54.0 Å². The van der Waals surface area contributed by atoms with Crippen LogP contribution in [0.5, 0.6) is 5.75 Å². The number of carbonyl (C=O) groups excluding carboxylic acids is 3. The number of para-hydroxylation sites is 1. The highest BCUT2D eigenvalue weighted by atomic mass is 32.2. The molecule has 2 unspecified atom stereocenters. The van der Waals surface area contributed by atoms with Gasteiger partial charge in [0.05, 0.1) is 30.8 Å². The number of urea groups is 2. The highest BCUT2D eigenvalue weighted by molar-refractivity contribution is 7.88. The number of halogens is 2. The molecule has 0 aromatic heterocycles. The van der Waals surface area contributed by atoms with Crippen LogP contribution in [0.1, 0.15) is 27.5 Å². The van der Waals surface area contributed by atoms with Gasteiger partial charge in [0.25, 0.3) is 0 Å². The Morgan fingerprint density at radius 3 is 2.33 bits per heavy atom. The van der Waals surface area contributed by atoms with Crippen molar-refractivity contribution in [3.63, 3.8) is 0 Å². The van der Waals surface area contributed by atoms with Gasteiger partial charge in [0.15, 0.2) is 0 Å². The second-order valence-corrected chi connectivity index (χ2v) is 12.9. The van der Waals surface area contributed by atoms with E-state index in [1.165, 1.54) is 18.2 Å². The van der Waals surface area contributed by atoms with Crippen molar-refractivity contribution < 1.29 is 65.5 Å². The first-order chi connectivity index (χ1) is 19.9. The quantitative estimate of drug-likeness (QED) is 0.158. The number of carboxylic acids is 1. The van der Waals surface area contributed by atoms with E-state index in [0.717, 1.165) is 0 Å². The number of nitrogens with one attached hydrogen (secondary N) is 2. The maximum absolute atomic E-state index is 14.7. The number of aromatic carboxylic acids is 1. The van der Waals surface area contributed by atoms with Crippen LogP contribution in [0.2, 0.25) is 0 Å². The predicted molar refractivity (Wildman–Crippen MR) is 141 cm³/mol. The highest BCUT2D eigenvalue weighted by Crippen LogP contribution is 2.36. The van der Waals surface area contributed by atoms with Crippen molar-refractivity contribution in [1.82, 2.24) is 19.8 Å². The molecule has 0 aliphatic carbocycles. The lowest BCUT2D eigenvalue weighted by atomic mass is 9.72. The van der Waals surface area contributed by atoms with Crippen molar-refractivity contribution in [2.24, 2.45) is 0 Å². The molecule has 0 bridgehead atoms. The molecule has 1 fully saturated rings. The maximum Gasteiger partial charge on any atom is 0.547 e. The largest absolute Gasteiger partial charge is 0.547 e. The number of carbonyl (C=O) groups is 4. The van der Waals surface area contributed by atoms with Gasteiger partial charge < -0.3 is 35.2 Å². The summed E-state index contributed by atoms with van der Waals surface area (Å²) in [5.74, 6) is -7.64. The summed E-state index contributed by atoms with van der Waals surface area (Å²) >= 11 is 0.